The van der Waals surface area contributed by atoms with Gasteiger partial charge in [0.1, 0.15) is 0 Å². The number of halogens is 1. The minimum absolute atomic E-state index is 0.122. The van der Waals surface area contributed by atoms with Gasteiger partial charge in [-0.2, -0.15) is 0 Å². The summed E-state index contributed by atoms with van der Waals surface area (Å²) in [6.45, 7) is 6.39. The van der Waals surface area contributed by atoms with Crippen molar-refractivity contribution in [3.63, 3.8) is 0 Å². The molecular weight excluding hydrogens is 262 g/mol. The molecule has 2 aromatic rings. The summed E-state index contributed by atoms with van der Waals surface area (Å²) < 4.78 is 0. The lowest BCUT2D eigenvalue weighted by molar-refractivity contribution is 0.521. The summed E-state index contributed by atoms with van der Waals surface area (Å²) in [6.07, 6.45) is 0. The van der Waals surface area contributed by atoms with Gasteiger partial charge in [0.25, 0.3) is 0 Å². The maximum Gasteiger partial charge on any atom is 0.0413 e. The lowest BCUT2D eigenvalue weighted by Crippen LogP contribution is -2.14. The van der Waals surface area contributed by atoms with Crippen LogP contribution < -0.4 is 5.73 Å². The molecular formula is C15H18ClNS. The van der Waals surface area contributed by atoms with Gasteiger partial charge >= 0.3 is 0 Å². The van der Waals surface area contributed by atoms with Crippen LogP contribution in [-0.2, 0) is 0 Å². The number of rotatable bonds is 3. The third kappa shape index (κ3) is 2.77. The predicted molar refractivity (Wildman–Crippen MR) is 81.3 cm³/mol. The van der Waals surface area contributed by atoms with Crippen molar-refractivity contribution in [3.05, 3.63) is 45.8 Å². The molecule has 1 unspecified atom stereocenters. The van der Waals surface area contributed by atoms with Crippen LogP contribution in [0.3, 0.4) is 0 Å². The van der Waals surface area contributed by atoms with Gasteiger partial charge in [-0.05, 0) is 48.2 Å². The molecule has 0 fully saturated rings. The zero-order valence-corrected chi connectivity index (χ0v) is 12.5. The molecule has 0 radical (unpaired) electrons. The third-order valence-electron chi connectivity index (χ3n) is 3.13. The number of thiophene rings is 1. The van der Waals surface area contributed by atoms with Gasteiger partial charge in [0, 0.05) is 20.8 Å². The quantitative estimate of drug-likeness (QED) is 0.837. The van der Waals surface area contributed by atoms with Gasteiger partial charge in [-0.3, -0.25) is 0 Å². The van der Waals surface area contributed by atoms with Crippen LogP contribution in [0.2, 0.25) is 5.02 Å². The fourth-order valence-electron chi connectivity index (χ4n) is 1.91. The number of aryl methyl sites for hydroxylation is 1. The summed E-state index contributed by atoms with van der Waals surface area (Å²) in [7, 11) is 0. The Labute approximate surface area is 118 Å². The molecule has 0 aliphatic rings. The second-order valence-electron chi connectivity index (χ2n) is 4.93. The molecule has 1 atom stereocenters. The number of hydrogen-bond donors (Lipinski definition) is 1. The van der Waals surface area contributed by atoms with E-state index in [0.29, 0.717) is 5.92 Å². The Bertz CT molecular complexity index is 545. The van der Waals surface area contributed by atoms with E-state index in [0.717, 1.165) is 5.02 Å². The van der Waals surface area contributed by atoms with Crippen LogP contribution in [0.25, 0.3) is 10.4 Å². The summed E-state index contributed by atoms with van der Waals surface area (Å²) in [5.74, 6) is 0.461. The fourth-order valence-corrected chi connectivity index (χ4v) is 3.41. The SMILES string of the molecule is Cc1cc(Cl)ccc1-c1ccc(C(N)C(C)C)s1. The van der Waals surface area contributed by atoms with Gasteiger partial charge in [-0.25, -0.2) is 0 Å². The summed E-state index contributed by atoms with van der Waals surface area (Å²) in [5, 5.41) is 0.784. The van der Waals surface area contributed by atoms with E-state index in [1.54, 1.807) is 11.3 Å². The highest BCUT2D eigenvalue weighted by Gasteiger charge is 2.14. The summed E-state index contributed by atoms with van der Waals surface area (Å²) in [4.78, 5) is 2.50. The van der Waals surface area contributed by atoms with Crippen molar-refractivity contribution in [3.8, 4) is 10.4 Å². The number of benzene rings is 1. The first-order chi connectivity index (χ1) is 8.49. The Kier molecular flexibility index (Phi) is 4.10. The zero-order chi connectivity index (χ0) is 13.3. The van der Waals surface area contributed by atoms with Crippen LogP contribution in [-0.4, -0.2) is 0 Å². The fraction of sp³-hybridized carbons (Fsp3) is 0.333. The van der Waals surface area contributed by atoms with Crippen LogP contribution in [0, 0.1) is 12.8 Å². The predicted octanol–water partition coefficient (Wildman–Crippen LogP) is 5.03. The number of hydrogen-bond acceptors (Lipinski definition) is 2. The first-order valence-electron chi connectivity index (χ1n) is 6.11. The normalized spacial score (nSPS) is 13.0. The van der Waals surface area contributed by atoms with E-state index in [9.17, 15) is 0 Å². The van der Waals surface area contributed by atoms with Crippen LogP contribution in [0.1, 0.15) is 30.3 Å². The molecule has 1 heterocycles. The monoisotopic (exact) mass is 279 g/mol. The molecule has 18 heavy (non-hydrogen) atoms. The first kappa shape index (κ1) is 13.6. The largest absolute Gasteiger partial charge is 0.323 e. The van der Waals surface area contributed by atoms with Gasteiger partial charge in [-0.15, -0.1) is 11.3 Å². The van der Waals surface area contributed by atoms with Crippen LogP contribution in [0.5, 0.6) is 0 Å². The Morgan fingerprint density at radius 3 is 2.50 bits per heavy atom. The van der Waals surface area contributed by atoms with Crippen molar-refractivity contribution in [1.29, 1.82) is 0 Å². The Hall–Kier alpha value is -0.830. The average molecular weight is 280 g/mol. The van der Waals surface area contributed by atoms with E-state index in [2.05, 4.69) is 39.0 Å². The maximum atomic E-state index is 6.18. The lowest BCUT2D eigenvalue weighted by Gasteiger charge is -2.13. The molecule has 1 aromatic carbocycles. The van der Waals surface area contributed by atoms with Crippen LogP contribution >= 0.6 is 22.9 Å². The van der Waals surface area contributed by atoms with Gasteiger partial charge in [0.15, 0.2) is 0 Å². The molecule has 1 aromatic heterocycles. The molecule has 1 nitrogen and oxygen atoms in total. The highest BCUT2D eigenvalue weighted by Crippen LogP contribution is 2.35. The van der Waals surface area contributed by atoms with Crippen molar-refractivity contribution in [2.75, 3.05) is 0 Å². The lowest BCUT2D eigenvalue weighted by atomic mass is 10.0. The van der Waals surface area contributed by atoms with E-state index in [1.165, 1.54) is 20.9 Å². The molecule has 2 rings (SSSR count). The highest BCUT2D eigenvalue weighted by molar-refractivity contribution is 7.15. The van der Waals surface area contributed by atoms with Gasteiger partial charge < -0.3 is 5.73 Å². The molecule has 0 aliphatic heterocycles. The summed E-state index contributed by atoms with van der Waals surface area (Å²) in [5.41, 5.74) is 8.63. The van der Waals surface area contributed by atoms with Gasteiger partial charge in [0.2, 0.25) is 0 Å². The second kappa shape index (κ2) is 5.43. The van der Waals surface area contributed by atoms with E-state index in [4.69, 9.17) is 17.3 Å². The molecule has 0 saturated heterocycles. The number of nitrogens with two attached hydrogens (primary N) is 1. The Balaban J connectivity index is 2.35. The summed E-state index contributed by atoms with van der Waals surface area (Å²) in [6, 6.07) is 10.4. The summed E-state index contributed by atoms with van der Waals surface area (Å²) >= 11 is 7.76. The molecule has 96 valence electrons. The average Bonchev–Trinajstić information content (AvgIpc) is 2.77. The van der Waals surface area contributed by atoms with Crippen molar-refractivity contribution in [2.45, 2.75) is 26.8 Å². The second-order valence-corrected chi connectivity index (χ2v) is 6.48. The minimum Gasteiger partial charge on any atom is -0.323 e. The zero-order valence-electron chi connectivity index (χ0n) is 10.9. The molecule has 0 spiro atoms. The molecule has 2 N–H and O–H groups in total. The van der Waals surface area contributed by atoms with Crippen LogP contribution in [0.15, 0.2) is 30.3 Å². The van der Waals surface area contributed by atoms with Crippen molar-refractivity contribution in [1.82, 2.24) is 0 Å². The van der Waals surface area contributed by atoms with Gasteiger partial charge in [0.05, 0.1) is 0 Å². The maximum absolute atomic E-state index is 6.18. The standard InChI is InChI=1S/C15H18ClNS/c1-9(2)15(17)14-7-6-13(18-14)12-5-4-11(16)8-10(12)3/h4-9,15H,17H2,1-3H3. The molecule has 0 bridgehead atoms. The molecule has 0 aliphatic carbocycles. The van der Waals surface area contributed by atoms with E-state index in [1.807, 2.05) is 12.1 Å². The molecule has 0 amide bonds. The minimum atomic E-state index is 0.122. The first-order valence-corrected chi connectivity index (χ1v) is 7.30. The topological polar surface area (TPSA) is 26.0 Å². The molecule has 0 saturated carbocycles. The highest BCUT2D eigenvalue weighted by atomic mass is 35.5. The van der Waals surface area contributed by atoms with E-state index in [-0.39, 0.29) is 6.04 Å². The third-order valence-corrected chi connectivity index (χ3v) is 4.58. The van der Waals surface area contributed by atoms with Crippen molar-refractivity contribution in [2.24, 2.45) is 11.7 Å². The van der Waals surface area contributed by atoms with E-state index >= 15 is 0 Å². The smallest absolute Gasteiger partial charge is 0.0413 e. The van der Waals surface area contributed by atoms with Gasteiger partial charge in [-0.1, -0.05) is 31.5 Å². The van der Waals surface area contributed by atoms with E-state index < -0.39 is 0 Å². The van der Waals surface area contributed by atoms with Crippen LogP contribution in [0.4, 0.5) is 0 Å². The Morgan fingerprint density at radius 1 is 1.17 bits per heavy atom. The molecule has 3 heteroatoms. The Morgan fingerprint density at radius 2 is 1.89 bits per heavy atom. The van der Waals surface area contributed by atoms with Crippen molar-refractivity contribution < 1.29 is 0 Å². The van der Waals surface area contributed by atoms with Crippen molar-refractivity contribution >= 4 is 22.9 Å².